The van der Waals surface area contributed by atoms with E-state index in [1.54, 1.807) is 11.8 Å². The number of carbonyl (C=O) groups is 1. The van der Waals surface area contributed by atoms with E-state index < -0.39 is 0 Å². The van der Waals surface area contributed by atoms with Crippen LogP contribution < -0.4 is 14.8 Å². The molecule has 1 N–H and O–H groups in total. The molecule has 0 unspecified atom stereocenters. The third-order valence-corrected chi connectivity index (χ3v) is 3.75. The van der Waals surface area contributed by atoms with Crippen LogP contribution in [0.2, 0.25) is 0 Å². The molecule has 0 saturated carbocycles. The molecule has 2 rings (SSSR count). The summed E-state index contributed by atoms with van der Waals surface area (Å²) in [5.41, 5.74) is 1.87. The highest BCUT2D eigenvalue weighted by Crippen LogP contribution is 2.26. The quantitative estimate of drug-likeness (QED) is 0.847. The number of nitrogens with one attached hydrogen (secondary N) is 1. The molecule has 24 heavy (non-hydrogen) atoms. The number of rotatable bonds is 7. The first kappa shape index (κ1) is 17.8. The van der Waals surface area contributed by atoms with Crippen molar-refractivity contribution in [2.45, 2.75) is 39.8 Å². The van der Waals surface area contributed by atoms with Gasteiger partial charge in [-0.25, -0.2) is 0 Å². The van der Waals surface area contributed by atoms with Crippen molar-refractivity contribution in [1.82, 2.24) is 15.1 Å². The largest absolute Gasteiger partial charge is 0.493 e. The van der Waals surface area contributed by atoms with E-state index in [1.165, 1.54) is 0 Å². The maximum absolute atomic E-state index is 12.3. The number of carbonyl (C=O) groups excluding carboxylic acids is 1. The molecule has 6 heteroatoms. The molecular formula is C18H25N3O3. The van der Waals surface area contributed by atoms with Gasteiger partial charge in [-0.05, 0) is 45.9 Å². The Kier molecular flexibility index (Phi) is 5.84. The smallest absolute Gasteiger partial charge is 0.244 e. The van der Waals surface area contributed by atoms with Crippen molar-refractivity contribution in [2.75, 3.05) is 13.7 Å². The van der Waals surface area contributed by atoms with Gasteiger partial charge >= 0.3 is 0 Å². The normalized spacial score (nSPS) is 13.2. The van der Waals surface area contributed by atoms with Gasteiger partial charge in [-0.15, -0.1) is 0 Å². The van der Waals surface area contributed by atoms with Crippen molar-refractivity contribution in [3.63, 3.8) is 0 Å². The van der Waals surface area contributed by atoms with Crippen LogP contribution in [0, 0.1) is 13.8 Å². The zero-order valence-electron chi connectivity index (χ0n) is 14.9. The summed E-state index contributed by atoms with van der Waals surface area (Å²) in [6.45, 7) is 8.00. The Balaban J connectivity index is 1.90. The second-order valence-electron chi connectivity index (χ2n) is 5.87. The highest BCUT2D eigenvalue weighted by Gasteiger charge is 2.18. The molecule has 0 fully saturated rings. The molecule has 0 aliphatic carbocycles. The molecule has 0 radical (unpaired) electrons. The Morgan fingerprint density at radius 1 is 1.25 bits per heavy atom. The lowest BCUT2D eigenvalue weighted by Crippen LogP contribution is -2.38. The summed E-state index contributed by atoms with van der Waals surface area (Å²) in [6.07, 6.45) is -0.182. The van der Waals surface area contributed by atoms with Crippen molar-refractivity contribution < 1.29 is 14.3 Å². The minimum absolute atomic E-state index is 0.0864. The predicted octanol–water partition coefficient (Wildman–Crippen LogP) is 2.65. The number of aromatic nitrogens is 2. The molecule has 1 aromatic carbocycles. The molecule has 0 spiro atoms. The number of methoxy groups -OCH3 is 1. The van der Waals surface area contributed by atoms with E-state index in [-0.39, 0.29) is 18.1 Å². The van der Waals surface area contributed by atoms with Gasteiger partial charge in [0.15, 0.2) is 11.5 Å². The van der Waals surface area contributed by atoms with Crippen LogP contribution in [0.25, 0.3) is 0 Å². The maximum atomic E-state index is 12.3. The standard InChI is InChI=1S/C18H25N3O3/c1-12-10-13(2)21(20-12)15(4)18(22)19-11-14(3)24-17-9-7-6-8-16(17)23-5/h6-10,14-15H,11H2,1-5H3,(H,19,22)/t14-,15+/m1/s1. The van der Waals surface area contributed by atoms with Crippen LogP contribution in [0.4, 0.5) is 0 Å². The third kappa shape index (κ3) is 4.28. The lowest BCUT2D eigenvalue weighted by atomic mass is 10.3. The van der Waals surface area contributed by atoms with Gasteiger partial charge < -0.3 is 14.8 Å². The first-order valence-electron chi connectivity index (χ1n) is 8.02. The molecule has 2 atom stereocenters. The molecule has 6 nitrogen and oxygen atoms in total. The first-order valence-corrected chi connectivity index (χ1v) is 8.02. The molecular weight excluding hydrogens is 306 g/mol. The average Bonchev–Trinajstić information content (AvgIpc) is 2.90. The Morgan fingerprint density at radius 3 is 2.50 bits per heavy atom. The second kappa shape index (κ2) is 7.86. The topological polar surface area (TPSA) is 65.4 Å². The van der Waals surface area contributed by atoms with Crippen molar-refractivity contribution in [2.24, 2.45) is 0 Å². The molecule has 0 saturated heterocycles. The predicted molar refractivity (Wildman–Crippen MR) is 92.5 cm³/mol. The molecule has 0 aliphatic heterocycles. The summed E-state index contributed by atoms with van der Waals surface area (Å²) < 4.78 is 12.8. The number of hydrogen-bond donors (Lipinski definition) is 1. The Hall–Kier alpha value is -2.50. The fourth-order valence-electron chi connectivity index (χ4n) is 2.52. The Bertz CT molecular complexity index is 697. The van der Waals surface area contributed by atoms with Gasteiger partial charge in [-0.1, -0.05) is 12.1 Å². The van der Waals surface area contributed by atoms with E-state index in [2.05, 4.69) is 10.4 Å². The molecule has 2 aromatic rings. The lowest BCUT2D eigenvalue weighted by molar-refractivity contribution is -0.124. The zero-order valence-corrected chi connectivity index (χ0v) is 14.9. The lowest BCUT2D eigenvalue weighted by Gasteiger charge is -2.19. The molecule has 1 amide bonds. The van der Waals surface area contributed by atoms with E-state index in [0.717, 1.165) is 11.4 Å². The van der Waals surface area contributed by atoms with Crippen molar-refractivity contribution in [1.29, 1.82) is 0 Å². The minimum Gasteiger partial charge on any atom is -0.493 e. The van der Waals surface area contributed by atoms with E-state index in [9.17, 15) is 4.79 Å². The van der Waals surface area contributed by atoms with E-state index in [1.807, 2.05) is 58.0 Å². The van der Waals surface area contributed by atoms with Gasteiger partial charge in [0.05, 0.1) is 19.3 Å². The van der Waals surface area contributed by atoms with Gasteiger partial charge in [0.25, 0.3) is 0 Å². The molecule has 0 bridgehead atoms. The maximum Gasteiger partial charge on any atom is 0.244 e. The summed E-state index contributed by atoms with van der Waals surface area (Å²) >= 11 is 0. The average molecular weight is 331 g/mol. The van der Waals surface area contributed by atoms with E-state index >= 15 is 0 Å². The number of hydrogen-bond acceptors (Lipinski definition) is 4. The first-order chi connectivity index (χ1) is 11.4. The van der Waals surface area contributed by atoms with Crippen LogP contribution in [0.1, 0.15) is 31.3 Å². The van der Waals surface area contributed by atoms with Crippen LogP contribution in [0.15, 0.2) is 30.3 Å². The second-order valence-corrected chi connectivity index (χ2v) is 5.87. The Morgan fingerprint density at radius 2 is 1.92 bits per heavy atom. The monoisotopic (exact) mass is 331 g/mol. The van der Waals surface area contributed by atoms with Crippen LogP contribution >= 0.6 is 0 Å². The van der Waals surface area contributed by atoms with Gasteiger partial charge in [0, 0.05) is 5.69 Å². The minimum atomic E-state index is -0.364. The summed E-state index contributed by atoms with van der Waals surface area (Å²) in [5.74, 6) is 1.25. The summed E-state index contributed by atoms with van der Waals surface area (Å²) in [7, 11) is 1.60. The summed E-state index contributed by atoms with van der Waals surface area (Å²) in [6, 6.07) is 9.04. The van der Waals surface area contributed by atoms with E-state index in [0.29, 0.717) is 18.0 Å². The van der Waals surface area contributed by atoms with Crippen LogP contribution in [0.5, 0.6) is 11.5 Å². The van der Waals surface area contributed by atoms with Crippen LogP contribution in [-0.4, -0.2) is 35.4 Å². The number of nitrogens with zero attached hydrogens (tertiary/aromatic N) is 2. The summed E-state index contributed by atoms with van der Waals surface area (Å²) in [5, 5.41) is 7.27. The van der Waals surface area contributed by atoms with Gasteiger partial charge in [-0.2, -0.15) is 5.10 Å². The SMILES string of the molecule is COc1ccccc1O[C@H](C)CNC(=O)[C@H](C)n1nc(C)cc1C. The van der Waals surface area contributed by atoms with Crippen molar-refractivity contribution in [3.8, 4) is 11.5 Å². The number of para-hydroxylation sites is 2. The van der Waals surface area contributed by atoms with E-state index in [4.69, 9.17) is 9.47 Å². The molecule has 130 valence electrons. The fraction of sp³-hybridized carbons (Fsp3) is 0.444. The Labute approximate surface area is 142 Å². The molecule has 1 heterocycles. The van der Waals surface area contributed by atoms with Crippen LogP contribution in [0.3, 0.4) is 0 Å². The molecule has 1 aromatic heterocycles. The number of aryl methyl sites for hydroxylation is 2. The number of amides is 1. The highest BCUT2D eigenvalue weighted by atomic mass is 16.5. The van der Waals surface area contributed by atoms with Crippen LogP contribution in [-0.2, 0) is 4.79 Å². The number of ether oxygens (including phenoxy) is 2. The fourth-order valence-corrected chi connectivity index (χ4v) is 2.52. The molecule has 0 aliphatic rings. The van der Waals surface area contributed by atoms with Crippen molar-refractivity contribution in [3.05, 3.63) is 41.7 Å². The van der Waals surface area contributed by atoms with Gasteiger partial charge in [-0.3, -0.25) is 9.48 Å². The van der Waals surface area contributed by atoms with Gasteiger partial charge in [0.1, 0.15) is 12.1 Å². The van der Waals surface area contributed by atoms with Gasteiger partial charge in [0.2, 0.25) is 5.91 Å². The van der Waals surface area contributed by atoms with Crippen molar-refractivity contribution >= 4 is 5.91 Å². The number of benzene rings is 1. The zero-order chi connectivity index (χ0) is 17.7. The third-order valence-electron chi connectivity index (χ3n) is 3.75. The summed E-state index contributed by atoms with van der Waals surface area (Å²) in [4.78, 5) is 12.3. The highest BCUT2D eigenvalue weighted by molar-refractivity contribution is 5.79.